The largest absolute Gasteiger partial charge is 0.451 e. The molecular formula is C20H21NO4. The number of nitrogens with one attached hydrogen (secondary N) is 1. The van der Waals surface area contributed by atoms with Gasteiger partial charge in [0.25, 0.3) is 5.91 Å². The first kappa shape index (κ1) is 17.2. The van der Waals surface area contributed by atoms with Crippen molar-refractivity contribution in [2.24, 2.45) is 0 Å². The third-order valence-corrected chi connectivity index (χ3v) is 4.12. The molecule has 5 nitrogen and oxygen atoms in total. The van der Waals surface area contributed by atoms with E-state index >= 15 is 0 Å². The van der Waals surface area contributed by atoms with Gasteiger partial charge >= 0.3 is 5.97 Å². The summed E-state index contributed by atoms with van der Waals surface area (Å²) in [6.07, 6.45) is 0.0434. The Morgan fingerprint density at radius 2 is 1.84 bits per heavy atom. The van der Waals surface area contributed by atoms with E-state index in [-0.39, 0.29) is 5.91 Å². The van der Waals surface area contributed by atoms with E-state index < -0.39 is 18.2 Å². The summed E-state index contributed by atoms with van der Waals surface area (Å²) >= 11 is 0. The number of rotatable bonds is 5. The number of esters is 1. The summed E-state index contributed by atoms with van der Waals surface area (Å²) in [6.45, 7) is 2.12. The molecule has 0 saturated carbocycles. The molecule has 2 aromatic rings. The lowest BCUT2D eigenvalue weighted by Crippen LogP contribution is -2.34. The molecule has 3 rings (SSSR count). The van der Waals surface area contributed by atoms with E-state index in [4.69, 9.17) is 9.47 Å². The van der Waals surface area contributed by atoms with Crippen LogP contribution in [-0.4, -0.2) is 30.7 Å². The number of carbonyl (C=O) groups is 2. The zero-order chi connectivity index (χ0) is 17.6. The van der Waals surface area contributed by atoms with Crippen molar-refractivity contribution in [3.8, 4) is 11.1 Å². The van der Waals surface area contributed by atoms with Crippen LogP contribution < -0.4 is 5.32 Å². The number of benzene rings is 2. The molecular weight excluding hydrogens is 318 g/mol. The second-order valence-corrected chi connectivity index (χ2v) is 5.98. The molecule has 1 saturated heterocycles. The summed E-state index contributed by atoms with van der Waals surface area (Å²) in [5.74, 6) is -0.841. The molecule has 1 N–H and O–H groups in total. The van der Waals surface area contributed by atoms with Gasteiger partial charge in [-0.15, -0.1) is 0 Å². The highest BCUT2D eigenvalue weighted by Gasteiger charge is 2.28. The smallest absolute Gasteiger partial charge is 0.336 e. The maximum Gasteiger partial charge on any atom is 0.336 e. The maximum absolute atomic E-state index is 12.4. The van der Waals surface area contributed by atoms with Crippen LogP contribution in [0.1, 0.15) is 19.8 Å². The molecule has 0 radical (unpaired) electrons. The molecule has 1 amide bonds. The van der Waals surface area contributed by atoms with Crippen molar-refractivity contribution < 1.29 is 19.1 Å². The van der Waals surface area contributed by atoms with Crippen LogP contribution in [0.25, 0.3) is 11.1 Å². The molecule has 0 bridgehead atoms. The van der Waals surface area contributed by atoms with Crippen LogP contribution in [0.2, 0.25) is 0 Å². The number of ether oxygens (including phenoxy) is 2. The van der Waals surface area contributed by atoms with Crippen LogP contribution >= 0.6 is 0 Å². The molecule has 2 aromatic carbocycles. The fourth-order valence-corrected chi connectivity index (χ4v) is 2.76. The molecule has 1 fully saturated rings. The third-order valence-electron chi connectivity index (χ3n) is 4.12. The Morgan fingerprint density at radius 3 is 2.56 bits per heavy atom. The summed E-state index contributed by atoms with van der Waals surface area (Å²) in [5.41, 5.74) is 2.59. The summed E-state index contributed by atoms with van der Waals surface area (Å²) in [4.78, 5) is 24.4. The highest BCUT2D eigenvalue weighted by atomic mass is 16.6. The molecule has 2 atom stereocenters. The van der Waals surface area contributed by atoms with Crippen molar-refractivity contribution in [1.82, 2.24) is 0 Å². The minimum Gasteiger partial charge on any atom is -0.451 e. The minimum atomic E-state index is -0.888. The summed E-state index contributed by atoms with van der Waals surface area (Å²) in [6, 6.07) is 17.3. The van der Waals surface area contributed by atoms with Crippen molar-refractivity contribution >= 4 is 17.6 Å². The summed E-state index contributed by atoms with van der Waals surface area (Å²) < 4.78 is 10.5. The Hall–Kier alpha value is -2.66. The Labute approximate surface area is 147 Å². The highest BCUT2D eigenvalue weighted by molar-refractivity contribution is 5.98. The van der Waals surface area contributed by atoms with Crippen LogP contribution in [0.5, 0.6) is 0 Å². The van der Waals surface area contributed by atoms with E-state index in [2.05, 4.69) is 5.32 Å². The molecule has 0 spiro atoms. The van der Waals surface area contributed by atoms with Gasteiger partial charge < -0.3 is 14.8 Å². The van der Waals surface area contributed by atoms with Gasteiger partial charge in [-0.3, -0.25) is 4.79 Å². The SMILES string of the molecule is C[C@H](OC(=O)[C@@H]1CCCO1)C(=O)Nc1ccccc1-c1ccccc1. The average molecular weight is 339 g/mol. The van der Waals surface area contributed by atoms with E-state index in [1.807, 2.05) is 54.6 Å². The molecule has 0 aliphatic carbocycles. The molecule has 0 aromatic heterocycles. The first-order valence-corrected chi connectivity index (χ1v) is 8.42. The van der Waals surface area contributed by atoms with E-state index in [1.54, 1.807) is 6.92 Å². The maximum atomic E-state index is 12.4. The van der Waals surface area contributed by atoms with Gasteiger partial charge in [0.2, 0.25) is 0 Å². The highest BCUT2D eigenvalue weighted by Crippen LogP contribution is 2.27. The Kier molecular flexibility index (Phi) is 5.46. The predicted molar refractivity (Wildman–Crippen MR) is 95.0 cm³/mol. The zero-order valence-corrected chi connectivity index (χ0v) is 14.1. The lowest BCUT2D eigenvalue weighted by Gasteiger charge is -2.17. The van der Waals surface area contributed by atoms with E-state index in [1.165, 1.54) is 0 Å². The van der Waals surface area contributed by atoms with E-state index in [0.29, 0.717) is 18.7 Å². The fraction of sp³-hybridized carbons (Fsp3) is 0.300. The second kappa shape index (κ2) is 7.94. The average Bonchev–Trinajstić information content (AvgIpc) is 3.17. The van der Waals surface area contributed by atoms with Crippen molar-refractivity contribution in [2.45, 2.75) is 32.0 Å². The zero-order valence-electron chi connectivity index (χ0n) is 14.1. The van der Waals surface area contributed by atoms with Crippen LogP contribution in [0.4, 0.5) is 5.69 Å². The normalized spacial score (nSPS) is 17.7. The van der Waals surface area contributed by atoms with Crippen molar-refractivity contribution in [1.29, 1.82) is 0 Å². The number of hydrogen-bond donors (Lipinski definition) is 1. The van der Waals surface area contributed by atoms with E-state index in [0.717, 1.165) is 17.5 Å². The topological polar surface area (TPSA) is 64.6 Å². The minimum absolute atomic E-state index is 0.366. The number of amides is 1. The fourth-order valence-electron chi connectivity index (χ4n) is 2.76. The molecule has 5 heteroatoms. The molecule has 1 aliphatic heterocycles. The first-order valence-electron chi connectivity index (χ1n) is 8.42. The predicted octanol–water partition coefficient (Wildman–Crippen LogP) is 3.40. The van der Waals surface area contributed by atoms with Gasteiger partial charge in [0, 0.05) is 17.9 Å². The lowest BCUT2D eigenvalue weighted by atomic mass is 10.0. The molecule has 1 aliphatic rings. The van der Waals surface area contributed by atoms with Gasteiger partial charge in [0.15, 0.2) is 12.2 Å². The van der Waals surface area contributed by atoms with Gasteiger partial charge in [0.1, 0.15) is 0 Å². The van der Waals surface area contributed by atoms with Crippen molar-refractivity contribution in [3.63, 3.8) is 0 Å². The van der Waals surface area contributed by atoms with Gasteiger partial charge in [-0.2, -0.15) is 0 Å². The van der Waals surface area contributed by atoms with Crippen LogP contribution in [0, 0.1) is 0 Å². The van der Waals surface area contributed by atoms with E-state index in [9.17, 15) is 9.59 Å². The third kappa shape index (κ3) is 4.25. The molecule has 25 heavy (non-hydrogen) atoms. The number of anilines is 1. The van der Waals surface area contributed by atoms with Crippen LogP contribution in [0.3, 0.4) is 0 Å². The quantitative estimate of drug-likeness (QED) is 0.848. The van der Waals surface area contributed by atoms with Crippen LogP contribution in [-0.2, 0) is 19.1 Å². The molecule has 1 heterocycles. The van der Waals surface area contributed by atoms with Gasteiger partial charge in [-0.1, -0.05) is 48.5 Å². The second-order valence-electron chi connectivity index (χ2n) is 5.98. The molecule has 130 valence electrons. The van der Waals surface area contributed by atoms with Crippen molar-refractivity contribution in [2.75, 3.05) is 11.9 Å². The lowest BCUT2D eigenvalue weighted by molar-refractivity contribution is -0.162. The first-order chi connectivity index (χ1) is 12.1. The van der Waals surface area contributed by atoms with Gasteiger partial charge in [-0.05, 0) is 31.4 Å². The number of para-hydroxylation sites is 1. The Balaban J connectivity index is 1.67. The Bertz CT molecular complexity index is 738. The number of carbonyl (C=O) groups excluding carboxylic acids is 2. The Morgan fingerprint density at radius 1 is 1.12 bits per heavy atom. The number of hydrogen-bond acceptors (Lipinski definition) is 4. The van der Waals surface area contributed by atoms with Crippen molar-refractivity contribution in [3.05, 3.63) is 54.6 Å². The molecule has 0 unspecified atom stereocenters. The van der Waals surface area contributed by atoms with Crippen LogP contribution in [0.15, 0.2) is 54.6 Å². The monoisotopic (exact) mass is 339 g/mol. The summed E-state index contributed by atoms with van der Waals surface area (Å²) in [7, 11) is 0. The summed E-state index contributed by atoms with van der Waals surface area (Å²) in [5, 5.41) is 2.85. The van der Waals surface area contributed by atoms with Gasteiger partial charge in [-0.25, -0.2) is 4.79 Å². The standard InChI is InChI=1S/C20H21NO4/c1-14(25-20(23)18-12-7-13-24-18)19(22)21-17-11-6-5-10-16(17)15-8-3-2-4-9-15/h2-6,8-11,14,18H,7,12-13H2,1H3,(H,21,22)/t14-,18-/m0/s1. The van der Waals surface area contributed by atoms with Gasteiger partial charge in [0.05, 0.1) is 0 Å².